The zero-order valence-electron chi connectivity index (χ0n) is 56.3. The average Bonchev–Trinajstić information content (AvgIpc) is 1.63. The fraction of sp³-hybridized carbons (Fsp3) is 0.465. The van der Waals surface area contributed by atoms with Gasteiger partial charge >= 0.3 is 41.8 Å². The van der Waals surface area contributed by atoms with E-state index in [-0.39, 0.29) is 131 Å². The average molecular weight is 1310 g/mol. The molecule has 0 aromatic carbocycles. The Morgan fingerprint density at radius 3 is 1.06 bits per heavy atom. The Hall–Kier alpha value is -9.90. The number of ether oxygens (including phenoxy) is 2. The third-order valence-corrected chi connectivity index (χ3v) is 14.3. The van der Waals surface area contributed by atoms with Crippen molar-refractivity contribution in [3.8, 4) is 23.7 Å². The van der Waals surface area contributed by atoms with Gasteiger partial charge in [0.25, 0.3) is 5.76 Å². The topological polar surface area (TPSA) is 399 Å². The van der Waals surface area contributed by atoms with Crippen molar-refractivity contribution in [1.29, 1.82) is 0 Å². The second-order valence-corrected chi connectivity index (χ2v) is 20.7. The molecule has 23 heteroatoms. The van der Waals surface area contributed by atoms with Crippen LogP contribution in [0.1, 0.15) is 155 Å². The van der Waals surface area contributed by atoms with E-state index in [1.165, 1.54) is 48.5 Å². The smallest absolute Gasteiger partial charge is 0.375 e. The van der Waals surface area contributed by atoms with Gasteiger partial charge in [-0.15, -0.1) is 11.8 Å². The number of carbonyl (C=O) groups excluding carboxylic acids is 7. The lowest BCUT2D eigenvalue weighted by Gasteiger charge is -2.21. The lowest BCUT2D eigenvalue weighted by molar-refractivity contribution is -0.147. The summed E-state index contributed by atoms with van der Waals surface area (Å²) in [4.78, 5) is 152. The van der Waals surface area contributed by atoms with E-state index in [2.05, 4.69) is 23.7 Å². The van der Waals surface area contributed by atoms with E-state index in [1.54, 1.807) is 64.2 Å². The number of allylic oxidation sites excluding steroid dienone is 13. The number of rotatable bonds is 22. The highest BCUT2D eigenvalue weighted by molar-refractivity contribution is 6.04. The molecule has 1 heterocycles. The van der Waals surface area contributed by atoms with E-state index < -0.39 is 65.2 Å². The van der Waals surface area contributed by atoms with Crippen molar-refractivity contribution in [2.45, 2.75) is 155 Å². The predicted octanol–water partition coefficient (Wildman–Crippen LogP) is 10.4. The SMILES string of the molecule is CC.CC#CC/C(C(C)=O)=C(\CC#CC)C(=O)O.CC(=O)/C1=C(\C(=O)O)OC/C=C\CO1.CC(=O)/C=C\C(=O)O.CC(=O)C1C2C=CC(C2)C1C(=O)O.CC(=O)C1C2C=CC(C2)C1C(=O)O.CC/C(C(C)=O)=C(\CC)C(=O)O.CC=CC/C(C(C)=O)=C(\CC=CC)C(=O)O. The molecule has 94 heavy (non-hydrogen) atoms. The van der Waals surface area contributed by atoms with Gasteiger partial charge in [-0.25, -0.2) is 24.0 Å². The van der Waals surface area contributed by atoms with Crippen molar-refractivity contribution >= 4 is 82.3 Å². The molecule has 5 aliphatic rings. The van der Waals surface area contributed by atoms with Gasteiger partial charge in [-0.3, -0.25) is 43.2 Å². The Morgan fingerprint density at radius 2 is 0.819 bits per heavy atom. The summed E-state index contributed by atoms with van der Waals surface area (Å²) in [6.45, 7) is 24.4. The molecule has 514 valence electrons. The molecule has 8 atom stereocenters. The van der Waals surface area contributed by atoms with Gasteiger partial charge < -0.3 is 45.2 Å². The van der Waals surface area contributed by atoms with Crippen LogP contribution in [0.2, 0.25) is 0 Å². The van der Waals surface area contributed by atoms with Crippen LogP contribution in [0.25, 0.3) is 0 Å². The Labute approximate surface area is 549 Å². The summed E-state index contributed by atoms with van der Waals surface area (Å²) in [7, 11) is 0. The standard InChI is InChI=1S/C13H18O3.C13H14O3.2C10H12O3.C9H10O5.C9H14O3.C5H6O3.C2H6/c2*1-4-6-8-11(10(3)14)12(13(15)16)9-7-5-2;2*1-5(11)8-6-2-3-7(4-6)9(8)10(12)13;1-6(10)7-8(9(11)12)14-5-3-2-4-13-7;1-4-7(6(3)10)8(5-2)9(11)12;1-4(6)2-3-5(7)8;1-2/h4-7H,8-9H2,1-3H3,(H,15,16);8-9H2,1-3H3,(H,15,16);2*2-3,6-9H,4H2,1H3,(H,12,13);2-3H,4-5H2,1H3,(H,11,12);4-5H2,1-3H3,(H,11,12);2-3H,1H3,(H,7,8);1-2H3/b6-4?,7-5?,12-11-;12-11-;;;3-2-,8-7-;8-7-;3-2-;. The van der Waals surface area contributed by atoms with E-state index >= 15 is 0 Å². The summed E-state index contributed by atoms with van der Waals surface area (Å²) in [6.07, 6.45) is 23.6. The highest BCUT2D eigenvalue weighted by Crippen LogP contribution is 2.49. The summed E-state index contributed by atoms with van der Waals surface area (Å²) in [5.41, 5.74) is 1.52. The van der Waals surface area contributed by atoms with Crippen LogP contribution in [0.15, 0.2) is 118 Å². The maximum Gasteiger partial charge on any atom is 0.375 e. The molecular weight excluding hydrogens is 1220 g/mol. The number of ketones is 7. The first-order chi connectivity index (χ1) is 44.1. The summed E-state index contributed by atoms with van der Waals surface area (Å²) in [5.74, 6) is 0.599. The molecule has 2 fully saturated rings. The number of carboxylic acid groups (broad SMARTS) is 7. The molecule has 8 unspecified atom stereocenters. The van der Waals surface area contributed by atoms with Crippen LogP contribution >= 0.6 is 0 Å². The van der Waals surface area contributed by atoms with Crippen LogP contribution in [0.5, 0.6) is 0 Å². The number of fused-ring (bicyclic) bond motifs is 4. The zero-order chi connectivity index (χ0) is 73.1. The van der Waals surface area contributed by atoms with Crippen molar-refractivity contribution in [3.05, 3.63) is 118 Å². The molecule has 23 nitrogen and oxygen atoms in total. The summed E-state index contributed by atoms with van der Waals surface area (Å²) in [5, 5.41) is 61.4. The van der Waals surface area contributed by atoms with Gasteiger partial charge in [0.05, 0.1) is 17.4 Å². The van der Waals surface area contributed by atoms with Crippen LogP contribution in [0.3, 0.4) is 0 Å². The Kier molecular flexibility index (Phi) is 45.0. The van der Waals surface area contributed by atoms with E-state index in [4.69, 9.17) is 45.2 Å². The number of aliphatic carboxylic acids is 7. The molecule has 1 aliphatic heterocycles. The van der Waals surface area contributed by atoms with Crippen LogP contribution in [0.4, 0.5) is 0 Å². The minimum absolute atomic E-state index is 0.0178. The Bertz CT molecular complexity index is 2950. The molecule has 0 radical (unpaired) electrons. The highest BCUT2D eigenvalue weighted by atomic mass is 16.5. The maximum atomic E-state index is 11.4. The molecule has 2 saturated carbocycles. The highest BCUT2D eigenvalue weighted by Gasteiger charge is 2.51. The van der Waals surface area contributed by atoms with E-state index in [0.29, 0.717) is 30.4 Å². The molecule has 0 amide bonds. The van der Waals surface area contributed by atoms with Crippen molar-refractivity contribution in [2.75, 3.05) is 13.2 Å². The van der Waals surface area contributed by atoms with Gasteiger partial charge in [0, 0.05) is 65.5 Å². The molecule has 5 rings (SSSR count). The Morgan fingerprint density at radius 1 is 0.468 bits per heavy atom. The van der Waals surface area contributed by atoms with E-state index in [9.17, 15) is 67.1 Å². The third-order valence-electron chi connectivity index (χ3n) is 14.3. The molecule has 0 spiro atoms. The lowest BCUT2D eigenvalue weighted by atomic mass is 9.81. The quantitative estimate of drug-likeness (QED) is 0.0301. The van der Waals surface area contributed by atoms with Crippen molar-refractivity contribution in [2.24, 2.45) is 47.3 Å². The minimum atomic E-state index is -1.30. The molecule has 0 aromatic heterocycles. The largest absolute Gasteiger partial charge is 0.482 e. The summed E-state index contributed by atoms with van der Waals surface area (Å²) >= 11 is 0. The summed E-state index contributed by atoms with van der Waals surface area (Å²) < 4.78 is 9.82. The maximum absolute atomic E-state index is 11.4. The van der Waals surface area contributed by atoms with E-state index in [0.717, 1.165) is 25.0 Å². The second-order valence-electron chi connectivity index (χ2n) is 20.7. The molecule has 4 aliphatic carbocycles. The Balaban J connectivity index is -0.00000103. The van der Waals surface area contributed by atoms with Gasteiger partial charge in [-0.05, 0) is 150 Å². The van der Waals surface area contributed by atoms with Crippen LogP contribution in [-0.2, 0) is 76.6 Å². The molecule has 0 saturated heterocycles. The fourth-order valence-electron chi connectivity index (χ4n) is 10.1. The lowest BCUT2D eigenvalue weighted by Crippen LogP contribution is -2.31. The number of Topliss-reactive ketones (excluding diaryl/α,β-unsaturated/α-hetero) is 6. The molecule has 7 N–H and O–H groups in total. The van der Waals surface area contributed by atoms with Gasteiger partial charge in [0.2, 0.25) is 5.76 Å². The normalized spacial score (nSPS) is 21.3. The van der Waals surface area contributed by atoms with Crippen molar-refractivity contribution in [1.82, 2.24) is 0 Å². The monoisotopic (exact) mass is 1310 g/mol. The van der Waals surface area contributed by atoms with Crippen molar-refractivity contribution < 1.29 is 112 Å². The van der Waals surface area contributed by atoms with Gasteiger partial charge in [-0.1, -0.05) is 88.1 Å². The number of carboxylic acids is 7. The minimum Gasteiger partial charge on any atom is -0.482 e. The molecular formula is C71H92O23. The summed E-state index contributed by atoms with van der Waals surface area (Å²) in [6, 6.07) is 0. The first kappa shape index (κ1) is 88.3. The second kappa shape index (κ2) is 47.9. The van der Waals surface area contributed by atoms with Crippen LogP contribution in [-0.4, -0.2) is 131 Å². The molecule has 4 bridgehead atoms. The van der Waals surface area contributed by atoms with Crippen LogP contribution in [0, 0.1) is 71.0 Å². The number of hydrogen-bond acceptors (Lipinski definition) is 16. The number of hydrogen-bond donors (Lipinski definition) is 7. The predicted molar refractivity (Wildman–Crippen MR) is 349 cm³/mol. The van der Waals surface area contributed by atoms with Gasteiger partial charge in [0.1, 0.15) is 24.8 Å². The van der Waals surface area contributed by atoms with Crippen molar-refractivity contribution in [3.63, 3.8) is 0 Å². The third kappa shape index (κ3) is 31.9. The number of carbonyl (C=O) groups is 14. The zero-order valence-corrected chi connectivity index (χ0v) is 56.3. The first-order valence-corrected chi connectivity index (χ1v) is 30.1. The van der Waals surface area contributed by atoms with Gasteiger partial charge in [-0.2, -0.15) is 0 Å². The van der Waals surface area contributed by atoms with E-state index in [1.807, 2.05) is 52.0 Å². The first-order valence-electron chi connectivity index (χ1n) is 30.1. The molecule has 0 aromatic rings. The fourth-order valence-corrected chi connectivity index (χ4v) is 10.1. The van der Waals surface area contributed by atoms with Crippen LogP contribution < -0.4 is 0 Å². The van der Waals surface area contributed by atoms with Gasteiger partial charge in [0.15, 0.2) is 28.9 Å².